The van der Waals surface area contributed by atoms with Gasteiger partial charge in [0, 0.05) is 101 Å². The number of carbonyl (C=O) groups is 4. The number of likely N-dealkylation sites (tertiary alicyclic amines) is 6. The molecule has 13 rings (SSSR count). The number of aromatic nitrogens is 1. The molecule has 0 saturated carbocycles. The number of primary amides is 1. The zero-order valence-electron chi connectivity index (χ0n) is 56.0. The summed E-state index contributed by atoms with van der Waals surface area (Å²) in [5.41, 5.74) is 15.3. The van der Waals surface area contributed by atoms with E-state index in [1.54, 1.807) is 12.3 Å². The lowest BCUT2D eigenvalue weighted by Crippen LogP contribution is -2.53. The van der Waals surface area contributed by atoms with Crippen molar-refractivity contribution in [2.24, 2.45) is 29.4 Å². The van der Waals surface area contributed by atoms with Crippen LogP contribution in [-0.4, -0.2) is 155 Å². The fraction of sp³-hybridized carbons (Fsp3) is 0.456. The van der Waals surface area contributed by atoms with E-state index in [-0.39, 0.29) is 39.7 Å². The minimum Gasteiger partial charge on any atom is -0.369 e. The summed E-state index contributed by atoms with van der Waals surface area (Å²) in [7, 11) is 0. The van der Waals surface area contributed by atoms with Gasteiger partial charge in [-0.3, -0.25) is 29.1 Å². The topological polar surface area (TPSA) is 127 Å². The van der Waals surface area contributed by atoms with Crippen molar-refractivity contribution in [3.8, 4) is 0 Å². The lowest BCUT2D eigenvalue weighted by Gasteiger charge is -2.44. The molecule has 6 fully saturated rings. The summed E-state index contributed by atoms with van der Waals surface area (Å²) >= 11 is 37.0. The average Bonchev–Trinajstić information content (AvgIpc) is 0.820. The Hall–Kier alpha value is -5.77. The minimum absolute atomic E-state index is 0. The van der Waals surface area contributed by atoms with Crippen LogP contribution in [0.15, 0.2) is 140 Å². The Bertz CT molecular complexity index is 3850. The number of piperidine rings is 6. The Morgan fingerprint density at radius 3 is 1.58 bits per heavy atom. The van der Waals surface area contributed by atoms with Gasteiger partial charge >= 0.3 is 0 Å². The number of halogens is 6. The van der Waals surface area contributed by atoms with E-state index in [1.165, 1.54) is 42.4 Å². The fourth-order valence-electron chi connectivity index (χ4n) is 15.7. The van der Waals surface area contributed by atoms with Crippen LogP contribution in [0.3, 0.4) is 0 Å². The number of hydrogen-bond donors (Lipinski definition) is 1. The van der Waals surface area contributed by atoms with Crippen molar-refractivity contribution < 1.29 is 23.5 Å². The molecular weight excluding hydrogens is 1340 g/mol. The van der Waals surface area contributed by atoms with Crippen molar-refractivity contribution in [2.75, 3.05) is 78.5 Å². The maximum absolute atomic E-state index is 13.1. The first kappa shape index (κ1) is 72.5. The molecule has 6 aliphatic heterocycles. The van der Waals surface area contributed by atoms with Gasteiger partial charge in [-0.1, -0.05) is 130 Å². The predicted molar refractivity (Wildman–Crippen MR) is 403 cm³/mol. The summed E-state index contributed by atoms with van der Waals surface area (Å²) in [6, 6.07) is 44.7. The summed E-state index contributed by atoms with van der Waals surface area (Å²) in [4.78, 5) is 69.2. The lowest BCUT2D eigenvalue weighted by molar-refractivity contribution is -0.132. The number of carbonyl (C=O) groups excluding carboxylic acids is 4. The van der Waals surface area contributed by atoms with Crippen LogP contribution in [0, 0.1) is 37.5 Å². The van der Waals surface area contributed by atoms with E-state index in [0.29, 0.717) is 81.7 Å². The predicted octanol–water partition coefficient (Wildman–Crippen LogP) is 17.2. The average molecular weight is 1440 g/mol. The number of nitrogens with zero attached hydrogens (tertiary/aromatic N) is 7. The lowest BCUT2D eigenvalue weighted by atomic mass is 9.80. The van der Waals surface area contributed by atoms with E-state index in [0.717, 1.165) is 166 Å². The van der Waals surface area contributed by atoms with Gasteiger partial charge in [0.25, 0.3) is 11.8 Å². The van der Waals surface area contributed by atoms with E-state index in [2.05, 4.69) is 49.7 Å². The highest BCUT2D eigenvalue weighted by Gasteiger charge is 2.38. The minimum atomic E-state index is -0.247. The van der Waals surface area contributed by atoms with Crippen LogP contribution in [-0.2, 0) is 35.3 Å². The van der Waals surface area contributed by atoms with Crippen LogP contribution in [0.1, 0.15) is 129 Å². The second-order valence-electron chi connectivity index (χ2n) is 27.9. The maximum Gasteiger partial charge on any atom is 0.253 e. The highest BCUT2D eigenvalue weighted by Crippen LogP contribution is 2.35. The largest absolute Gasteiger partial charge is 0.369 e. The van der Waals surface area contributed by atoms with E-state index in [9.17, 15) is 19.2 Å². The Morgan fingerprint density at radius 1 is 0.464 bits per heavy atom. The zero-order chi connectivity index (χ0) is 68.1. The molecule has 6 saturated heterocycles. The third-order valence-corrected chi connectivity index (χ3v) is 23.6. The van der Waals surface area contributed by atoms with Gasteiger partial charge in [0.15, 0.2) is 0 Å². The highest BCUT2D eigenvalue weighted by molar-refractivity contribution is 6.42. The molecule has 7 heterocycles. The number of nitrogens with two attached hydrogens (primary N) is 1. The van der Waals surface area contributed by atoms with Gasteiger partial charge in [-0.15, -0.1) is 0 Å². The third-order valence-electron chi connectivity index (χ3n) is 21.5. The van der Waals surface area contributed by atoms with Crippen LogP contribution in [0.4, 0.5) is 0 Å². The number of fused-ring (bicyclic) bond motifs is 1. The summed E-state index contributed by atoms with van der Waals surface area (Å²) in [6.07, 6.45) is 17.0. The molecule has 0 spiro atoms. The van der Waals surface area contributed by atoms with Gasteiger partial charge in [0.05, 0.1) is 37.9 Å². The quantitative estimate of drug-likeness (QED) is 0.114. The standard InChI is InChI=1S/C28H30Cl2N4O2.C26H32Cl2N2O.C25H30Cl2N2O.3H2/c29-24-5-3-18(15-25(24)30)14-19-7-11-34(17-23(19)27(31)35)22-8-12-33(13-9-22)28(36)21-4-6-26-20(16-21)2-1-10-32-26;1-19-4-2-3-5-21(19)18-26(31)30-14-10-24(11-15-30)29-12-8-20(9-13-29)16-22-17-23(27)6-7-25(22)28;1-18-3-2-4-21(15-18)25(30)29-13-9-22(10-14-29)28-11-7-19(8-12-28)16-20-5-6-23(26)24(27)17-20;;;/h1-6,10,15-16,19,22-23H,7-9,11-14,17H2,(H2,31,35);2-7,17,20,24H,8-16,18H2,1H3;2-6,15,17,19,22H,7-14,16H2,1H3;3*1H/t19-,23-;;;;;/m1...../s1. The van der Waals surface area contributed by atoms with Gasteiger partial charge < -0.3 is 30.2 Å². The molecule has 520 valence electrons. The molecular formula is C79H98Cl6N8O4. The molecule has 0 aliphatic carbocycles. The molecule has 2 N–H and O–H groups in total. The van der Waals surface area contributed by atoms with Crippen LogP contribution in [0.2, 0.25) is 30.1 Å². The molecule has 6 aliphatic rings. The monoisotopic (exact) mass is 1430 g/mol. The zero-order valence-corrected chi connectivity index (χ0v) is 60.6. The molecule has 2 atom stereocenters. The van der Waals surface area contributed by atoms with Crippen molar-refractivity contribution in [3.63, 3.8) is 0 Å². The number of rotatable bonds is 14. The first-order valence-corrected chi connectivity index (χ1v) is 37.3. The third kappa shape index (κ3) is 19.6. The van der Waals surface area contributed by atoms with E-state index in [4.69, 9.17) is 75.3 Å². The Labute approximate surface area is 608 Å². The second kappa shape index (κ2) is 34.5. The maximum atomic E-state index is 13.1. The molecule has 97 heavy (non-hydrogen) atoms. The molecule has 1 aromatic heterocycles. The summed E-state index contributed by atoms with van der Waals surface area (Å²) in [5.74, 6) is 1.61. The van der Waals surface area contributed by atoms with Gasteiger partial charge in [-0.05, 0) is 261 Å². The van der Waals surface area contributed by atoms with Crippen molar-refractivity contribution in [1.82, 2.24) is 34.4 Å². The van der Waals surface area contributed by atoms with Gasteiger partial charge in [0.1, 0.15) is 0 Å². The van der Waals surface area contributed by atoms with E-state index in [1.807, 2.05) is 126 Å². The first-order chi connectivity index (χ1) is 46.9. The molecule has 18 heteroatoms. The highest BCUT2D eigenvalue weighted by atomic mass is 35.5. The Morgan fingerprint density at radius 2 is 1.00 bits per heavy atom. The first-order valence-electron chi connectivity index (χ1n) is 35.0. The molecule has 6 aromatic carbocycles. The van der Waals surface area contributed by atoms with E-state index >= 15 is 0 Å². The second-order valence-corrected chi connectivity index (χ2v) is 30.4. The van der Waals surface area contributed by atoms with Crippen LogP contribution < -0.4 is 5.73 Å². The molecule has 0 radical (unpaired) electrons. The molecule has 0 unspecified atom stereocenters. The summed E-state index contributed by atoms with van der Waals surface area (Å²) < 4.78 is 0. The fourth-order valence-corrected chi connectivity index (χ4v) is 16.8. The summed E-state index contributed by atoms with van der Waals surface area (Å²) in [5, 5.41) is 4.91. The van der Waals surface area contributed by atoms with Crippen molar-refractivity contribution >= 4 is 104 Å². The molecule has 7 aromatic rings. The van der Waals surface area contributed by atoms with Crippen LogP contribution >= 0.6 is 69.6 Å². The number of benzene rings is 6. The van der Waals surface area contributed by atoms with E-state index < -0.39 is 0 Å². The van der Waals surface area contributed by atoms with Gasteiger partial charge in [-0.25, -0.2) is 0 Å². The molecule has 12 nitrogen and oxygen atoms in total. The van der Waals surface area contributed by atoms with Crippen molar-refractivity contribution in [1.29, 1.82) is 0 Å². The van der Waals surface area contributed by atoms with Gasteiger partial charge in [0.2, 0.25) is 11.8 Å². The van der Waals surface area contributed by atoms with Crippen molar-refractivity contribution in [2.45, 2.75) is 128 Å². The number of aryl methyl sites for hydroxylation is 2. The SMILES string of the molecule is Cc1cccc(C(=O)N2CCC(N3CCC(Cc4ccc(Cl)c(Cl)c4)CC3)CC2)c1.Cc1ccccc1CC(=O)N1CCC(N2CCC(Cc3cc(Cl)ccc3Cl)CC2)CC1.NC(=O)[C@@H]1CN(C2CCN(C(=O)c3ccc4ncccc4c3)CC2)CC[C@@H]1Cc1ccc(Cl)c(Cl)c1.[HH].[HH].[HH]. The van der Waals surface area contributed by atoms with Crippen LogP contribution in [0.25, 0.3) is 10.9 Å². The van der Waals surface area contributed by atoms with Crippen LogP contribution in [0.5, 0.6) is 0 Å². The Balaban J connectivity index is 0.000000189. The molecule has 0 bridgehead atoms. The molecule has 4 amide bonds. The normalized spacial score (nSPS) is 20.0. The number of pyridine rings is 1. The number of hydrogen-bond acceptors (Lipinski definition) is 8. The number of amides is 4. The smallest absolute Gasteiger partial charge is 0.253 e. The Kier molecular flexibility index (Phi) is 25.8. The van der Waals surface area contributed by atoms with Gasteiger partial charge in [-0.2, -0.15) is 0 Å². The summed E-state index contributed by atoms with van der Waals surface area (Å²) in [6.45, 7) is 15.2. The van der Waals surface area contributed by atoms with Crippen molar-refractivity contribution in [3.05, 3.63) is 214 Å².